The average molecular weight is 365 g/mol. The minimum absolute atomic E-state index is 0.203. The van der Waals surface area contributed by atoms with Gasteiger partial charge in [-0.15, -0.1) is 0 Å². The second-order valence-corrected chi connectivity index (χ2v) is 8.26. The van der Waals surface area contributed by atoms with Gasteiger partial charge in [0.05, 0.1) is 37.3 Å². The van der Waals surface area contributed by atoms with Crippen molar-refractivity contribution in [1.82, 2.24) is 24.5 Å². The minimum atomic E-state index is -3.23. The molecule has 0 aromatic carbocycles. The first kappa shape index (κ1) is 17.6. The zero-order valence-electron chi connectivity index (χ0n) is 14.6. The molecule has 0 atom stereocenters. The number of aromatic nitrogens is 4. The molecule has 1 aliphatic heterocycles. The molecule has 0 radical (unpaired) electrons. The Bertz CT molecular complexity index is 847. The van der Waals surface area contributed by atoms with E-state index in [1.54, 1.807) is 6.33 Å². The molecular formula is C15H23N7O2S. The van der Waals surface area contributed by atoms with Crippen LogP contribution in [0.15, 0.2) is 18.5 Å². The monoisotopic (exact) mass is 365 g/mol. The van der Waals surface area contributed by atoms with Crippen LogP contribution in [-0.4, -0.2) is 47.0 Å². The van der Waals surface area contributed by atoms with Crippen LogP contribution in [0.25, 0.3) is 0 Å². The Morgan fingerprint density at radius 1 is 1.24 bits per heavy atom. The Hall–Kier alpha value is -2.20. The van der Waals surface area contributed by atoms with Crippen molar-refractivity contribution in [2.24, 2.45) is 0 Å². The van der Waals surface area contributed by atoms with E-state index in [1.807, 2.05) is 16.8 Å². The first-order valence-corrected chi connectivity index (χ1v) is 10.0. The molecule has 0 bridgehead atoms. The van der Waals surface area contributed by atoms with Crippen molar-refractivity contribution in [3.63, 3.8) is 0 Å². The maximum absolute atomic E-state index is 11.2. The highest BCUT2D eigenvalue weighted by molar-refractivity contribution is 7.88. The third kappa shape index (κ3) is 4.67. The third-order valence-electron chi connectivity index (χ3n) is 3.78. The fraction of sp³-hybridized carbons (Fsp3) is 0.533. The smallest absolute Gasteiger partial charge is 0.209 e. The first-order valence-electron chi connectivity index (χ1n) is 8.14. The van der Waals surface area contributed by atoms with E-state index in [0.29, 0.717) is 18.3 Å². The molecule has 3 rings (SSSR count). The van der Waals surface area contributed by atoms with Crippen LogP contribution >= 0.6 is 0 Å². The summed E-state index contributed by atoms with van der Waals surface area (Å²) in [6.07, 6.45) is 2.70. The van der Waals surface area contributed by atoms with E-state index >= 15 is 0 Å². The van der Waals surface area contributed by atoms with Crippen LogP contribution in [-0.2, 0) is 29.7 Å². The molecule has 3 heterocycles. The minimum Gasteiger partial charge on any atom is -0.368 e. The Kier molecular flexibility index (Phi) is 4.91. The van der Waals surface area contributed by atoms with Crippen molar-refractivity contribution in [3.05, 3.63) is 29.8 Å². The van der Waals surface area contributed by atoms with Crippen molar-refractivity contribution >= 4 is 21.7 Å². The van der Waals surface area contributed by atoms with Crippen molar-refractivity contribution in [1.29, 1.82) is 0 Å². The van der Waals surface area contributed by atoms with Crippen molar-refractivity contribution in [2.75, 3.05) is 23.0 Å². The summed E-state index contributed by atoms with van der Waals surface area (Å²) in [5.74, 6) is 1.67. The van der Waals surface area contributed by atoms with Crippen LogP contribution in [0.2, 0.25) is 0 Å². The molecule has 0 saturated carbocycles. The molecule has 1 aliphatic rings. The molecule has 0 fully saturated rings. The molecular weight excluding hydrogens is 342 g/mol. The predicted molar refractivity (Wildman–Crippen MR) is 95.8 cm³/mol. The van der Waals surface area contributed by atoms with Gasteiger partial charge in [0.15, 0.2) is 0 Å². The highest BCUT2D eigenvalue weighted by Gasteiger charge is 2.20. The quantitative estimate of drug-likeness (QED) is 0.771. The number of hydrogen-bond donors (Lipinski definition) is 2. The summed E-state index contributed by atoms with van der Waals surface area (Å²) < 4.78 is 26.8. The summed E-state index contributed by atoms with van der Waals surface area (Å²) >= 11 is 0. The number of rotatable bonds is 6. The van der Waals surface area contributed by atoms with Crippen LogP contribution < -0.4 is 14.9 Å². The van der Waals surface area contributed by atoms with E-state index in [0.717, 1.165) is 36.7 Å². The highest BCUT2D eigenvalue weighted by atomic mass is 32.2. The largest absolute Gasteiger partial charge is 0.368 e. The Balaban J connectivity index is 1.72. The van der Waals surface area contributed by atoms with E-state index < -0.39 is 10.0 Å². The molecule has 0 unspecified atom stereocenters. The summed E-state index contributed by atoms with van der Waals surface area (Å²) in [6, 6.07) is 4.17. The second-order valence-electron chi connectivity index (χ2n) is 6.43. The number of anilines is 2. The fourth-order valence-electron chi connectivity index (χ4n) is 2.71. The van der Waals surface area contributed by atoms with Crippen LogP contribution in [0.3, 0.4) is 0 Å². The summed E-state index contributed by atoms with van der Waals surface area (Å²) in [5, 5.41) is 7.73. The van der Waals surface area contributed by atoms with Gasteiger partial charge in [-0.2, -0.15) is 5.10 Å². The standard InChI is InChI=1S/C15H23N7O2S/c1-11(2)19-14-7-15(17-10-16-14)21-4-5-22-13(9-21)6-12(20-22)8-18-25(3,23)24/h6-7,10-11,18H,4-5,8-9H2,1-3H3,(H,16,17,19). The van der Waals surface area contributed by atoms with E-state index in [2.05, 4.69) is 43.9 Å². The van der Waals surface area contributed by atoms with E-state index in [-0.39, 0.29) is 6.54 Å². The van der Waals surface area contributed by atoms with Gasteiger partial charge in [-0.1, -0.05) is 0 Å². The van der Waals surface area contributed by atoms with Crippen LogP contribution in [0.5, 0.6) is 0 Å². The fourth-order valence-corrected chi connectivity index (χ4v) is 3.12. The molecule has 0 saturated heterocycles. The lowest BCUT2D eigenvalue weighted by Crippen LogP contribution is -2.34. The van der Waals surface area contributed by atoms with Gasteiger partial charge < -0.3 is 10.2 Å². The predicted octanol–water partition coefficient (Wildman–Crippen LogP) is 0.563. The van der Waals surface area contributed by atoms with Gasteiger partial charge in [-0.25, -0.2) is 23.1 Å². The van der Waals surface area contributed by atoms with Gasteiger partial charge >= 0.3 is 0 Å². The second kappa shape index (κ2) is 6.96. The number of fused-ring (bicyclic) bond motifs is 1. The summed E-state index contributed by atoms with van der Waals surface area (Å²) in [6.45, 7) is 6.51. The Morgan fingerprint density at radius 2 is 2.04 bits per heavy atom. The van der Waals surface area contributed by atoms with Crippen LogP contribution in [0, 0.1) is 0 Å². The van der Waals surface area contributed by atoms with E-state index in [1.165, 1.54) is 0 Å². The van der Waals surface area contributed by atoms with Gasteiger partial charge in [-0.3, -0.25) is 4.68 Å². The highest BCUT2D eigenvalue weighted by Crippen LogP contribution is 2.21. The average Bonchev–Trinajstić information content (AvgIpc) is 2.94. The maximum Gasteiger partial charge on any atom is 0.209 e. The van der Waals surface area contributed by atoms with Gasteiger partial charge in [0, 0.05) is 18.7 Å². The van der Waals surface area contributed by atoms with E-state index in [9.17, 15) is 8.42 Å². The lowest BCUT2D eigenvalue weighted by molar-refractivity contribution is 0.512. The van der Waals surface area contributed by atoms with Crippen LogP contribution in [0.1, 0.15) is 25.2 Å². The lowest BCUT2D eigenvalue weighted by atomic mass is 10.2. The number of hydrogen-bond acceptors (Lipinski definition) is 7. The van der Waals surface area contributed by atoms with E-state index in [4.69, 9.17) is 0 Å². The zero-order valence-corrected chi connectivity index (χ0v) is 15.4. The summed E-state index contributed by atoms with van der Waals surface area (Å²) in [7, 11) is -3.23. The first-order chi connectivity index (χ1) is 11.8. The Morgan fingerprint density at radius 3 is 2.76 bits per heavy atom. The number of nitrogens with zero attached hydrogens (tertiary/aromatic N) is 5. The van der Waals surface area contributed by atoms with Crippen molar-refractivity contribution in [3.8, 4) is 0 Å². The lowest BCUT2D eigenvalue weighted by Gasteiger charge is -2.28. The molecule has 0 spiro atoms. The maximum atomic E-state index is 11.2. The Labute approximate surface area is 147 Å². The molecule has 2 N–H and O–H groups in total. The number of sulfonamides is 1. The van der Waals surface area contributed by atoms with Crippen molar-refractivity contribution < 1.29 is 8.42 Å². The molecule has 0 aliphatic carbocycles. The van der Waals surface area contributed by atoms with Gasteiger partial charge in [0.2, 0.25) is 10.0 Å². The molecule has 0 amide bonds. The normalized spacial score (nSPS) is 14.6. The van der Waals surface area contributed by atoms with Gasteiger partial charge in [-0.05, 0) is 19.9 Å². The van der Waals surface area contributed by atoms with Gasteiger partial charge in [0.25, 0.3) is 0 Å². The summed E-state index contributed by atoms with van der Waals surface area (Å²) in [5.41, 5.74) is 1.75. The topological polar surface area (TPSA) is 105 Å². The molecule has 25 heavy (non-hydrogen) atoms. The molecule has 136 valence electrons. The molecule has 10 heteroatoms. The molecule has 2 aromatic rings. The number of nitrogens with one attached hydrogen (secondary N) is 2. The molecule has 2 aromatic heterocycles. The molecule has 9 nitrogen and oxygen atoms in total. The zero-order chi connectivity index (χ0) is 18.0. The van der Waals surface area contributed by atoms with Gasteiger partial charge in [0.1, 0.15) is 18.0 Å². The third-order valence-corrected chi connectivity index (χ3v) is 4.45. The van der Waals surface area contributed by atoms with Crippen LogP contribution in [0.4, 0.5) is 11.6 Å². The summed E-state index contributed by atoms with van der Waals surface area (Å²) in [4.78, 5) is 10.8. The SMILES string of the molecule is CC(C)Nc1cc(N2CCn3nc(CNS(C)(=O)=O)cc3C2)ncn1. The van der Waals surface area contributed by atoms with Crippen molar-refractivity contribution in [2.45, 2.75) is 39.5 Å².